The Morgan fingerprint density at radius 2 is 0.744 bits per heavy atom. The van der Waals surface area contributed by atoms with E-state index in [2.05, 4.69) is 155 Å². The van der Waals surface area contributed by atoms with Crippen molar-refractivity contribution in [1.29, 1.82) is 0 Å². The van der Waals surface area contributed by atoms with Gasteiger partial charge in [0.2, 0.25) is 0 Å². The average molecular weight is 508 g/mol. The van der Waals surface area contributed by atoms with Crippen LogP contribution in [0.15, 0.2) is 127 Å². The first-order chi connectivity index (χ1) is 18.8. The number of benzene rings is 5. The summed E-state index contributed by atoms with van der Waals surface area (Å²) in [6, 6.07) is 45.4. The molecule has 0 saturated carbocycles. The molecule has 0 N–H and O–H groups in total. The summed E-state index contributed by atoms with van der Waals surface area (Å²) in [6.07, 6.45) is 0. The largest absolute Gasteiger partial charge is 0.494 e. The van der Waals surface area contributed by atoms with Crippen LogP contribution in [0.4, 0.5) is 0 Å². The third-order valence-corrected chi connectivity index (χ3v) is 8.09. The van der Waals surface area contributed by atoms with E-state index in [1.807, 2.05) is 0 Å². The van der Waals surface area contributed by atoms with E-state index in [4.69, 9.17) is 9.31 Å². The summed E-state index contributed by atoms with van der Waals surface area (Å²) in [5, 5.41) is 0. The molecular formula is C36H33BO2. The zero-order valence-corrected chi connectivity index (χ0v) is 23.0. The smallest absolute Gasteiger partial charge is 0.399 e. The maximum absolute atomic E-state index is 6.36. The first-order valence-corrected chi connectivity index (χ1v) is 13.6. The zero-order chi connectivity index (χ0) is 27.0. The van der Waals surface area contributed by atoms with Crippen LogP contribution >= 0.6 is 0 Å². The lowest BCUT2D eigenvalue weighted by Gasteiger charge is -2.32. The van der Waals surface area contributed by atoms with Crippen molar-refractivity contribution in [1.82, 2.24) is 0 Å². The third kappa shape index (κ3) is 5.08. The standard InChI is InChI=1S/C36H33BO2/c1-35(2)36(3,4)39-37(38-35)34-20-12-19-30(25-34)33-23-31(27-15-9-6-10-16-27)22-32(24-33)29-18-11-17-28(21-29)26-13-7-5-8-14-26/h5-25H,1-4H3. The van der Waals surface area contributed by atoms with E-state index in [1.165, 1.54) is 33.4 Å². The van der Waals surface area contributed by atoms with Gasteiger partial charge in [-0.15, -0.1) is 0 Å². The SMILES string of the molecule is CC1(C)OB(c2cccc(-c3cc(-c4ccccc4)cc(-c4cccc(-c5ccccc5)c4)c3)c2)OC1(C)C. The van der Waals surface area contributed by atoms with Crippen LogP contribution in [-0.2, 0) is 9.31 Å². The van der Waals surface area contributed by atoms with Crippen molar-refractivity contribution in [2.75, 3.05) is 0 Å². The van der Waals surface area contributed by atoms with Gasteiger partial charge in [0.1, 0.15) is 0 Å². The van der Waals surface area contributed by atoms with Gasteiger partial charge in [0.25, 0.3) is 0 Å². The lowest BCUT2D eigenvalue weighted by molar-refractivity contribution is 0.00578. The Bertz CT molecular complexity index is 1590. The summed E-state index contributed by atoms with van der Waals surface area (Å²) < 4.78 is 12.7. The molecule has 6 rings (SSSR count). The molecule has 2 nitrogen and oxygen atoms in total. The molecule has 0 aliphatic carbocycles. The van der Waals surface area contributed by atoms with Gasteiger partial charge in [-0.25, -0.2) is 0 Å². The van der Waals surface area contributed by atoms with Gasteiger partial charge in [-0.05, 0) is 102 Å². The van der Waals surface area contributed by atoms with Gasteiger partial charge < -0.3 is 9.31 Å². The molecule has 3 heteroatoms. The van der Waals surface area contributed by atoms with Crippen LogP contribution in [-0.4, -0.2) is 18.3 Å². The van der Waals surface area contributed by atoms with Crippen LogP contribution in [0.5, 0.6) is 0 Å². The van der Waals surface area contributed by atoms with Crippen LogP contribution in [0.3, 0.4) is 0 Å². The minimum Gasteiger partial charge on any atom is -0.399 e. The molecular weight excluding hydrogens is 475 g/mol. The normalized spacial score (nSPS) is 15.8. The van der Waals surface area contributed by atoms with Crippen molar-refractivity contribution in [3.63, 3.8) is 0 Å². The van der Waals surface area contributed by atoms with E-state index in [1.54, 1.807) is 0 Å². The molecule has 192 valence electrons. The number of rotatable bonds is 5. The minimum atomic E-state index is -0.394. The van der Waals surface area contributed by atoms with Crippen LogP contribution < -0.4 is 5.46 Å². The number of hydrogen-bond acceptors (Lipinski definition) is 2. The third-order valence-electron chi connectivity index (χ3n) is 8.09. The van der Waals surface area contributed by atoms with Crippen molar-refractivity contribution in [2.24, 2.45) is 0 Å². The van der Waals surface area contributed by atoms with E-state index in [0.717, 1.165) is 16.6 Å². The van der Waals surface area contributed by atoms with Crippen LogP contribution in [0.25, 0.3) is 44.5 Å². The average Bonchev–Trinajstić information content (AvgIpc) is 3.20. The lowest BCUT2D eigenvalue weighted by atomic mass is 9.77. The quantitative estimate of drug-likeness (QED) is 0.221. The second-order valence-electron chi connectivity index (χ2n) is 11.3. The fraction of sp³-hybridized carbons (Fsp3) is 0.167. The second kappa shape index (κ2) is 10.00. The van der Waals surface area contributed by atoms with Gasteiger partial charge in [0.15, 0.2) is 0 Å². The molecule has 5 aromatic rings. The highest BCUT2D eigenvalue weighted by Gasteiger charge is 2.51. The molecule has 0 unspecified atom stereocenters. The lowest BCUT2D eigenvalue weighted by Crippen LogP contribution is -2.41. The van der Waals surface area contributed by atoms with Crippen LogP contribution in [0.2, 0.25) is 0 Å². The maximum atomic E-state index is 6.36. The predicted molar refractivity (Wildman–Crippen MR) is 164 cm³/mol. The molecule has 0 amide bonds. The molecule has 1 heterocycles. The zero-order valence-electron chi connectivity index (χ0n) is 23.0. The Kier molecular flexibility index (Phi) is 6.50. The molecule has 1 aliphatic heterocycles. The molecule has 1 fully saturated rings. The molecule has 0 atom stereocenters. The fourth-order valence-corrected chi connectivity index (χ4v) is 5.11. The van der Waals surface area contributed by atoms with E-state index in [-0.39, 0.29) is 11.2 Å². The van der Waals surface area contributed by atoms with Crippen molar-refractivity contribution < 1.29 is 9.31 Å². The Labute approximate surface area is 232 Å². The van der Waals surface area contributed by atoms with Crippen molar-refractivity contribution >= 4 is 12.6 Å². The summed E-state index contributed by atoms with van der Waals surface area (Å²) in [5.41, 5.74) is 9.77. The monoisotopic (exact) mass is 508 g/mol. The first-order valence-electron chi connectivity index (χ1n) is 13.6. The summed E-state index contributed by atoms with van der Waals surface area (Å²) in [6.45, 7) is 8.37. The molecule has 1 saturated heterocycles. The van der Waals surface area contributed by atoms with Gasteiger partial charge in [-0.2, -0.15) is 0 Å². The first kappa shape index (κ1) is 25.4. The van der Waals surface area contributed by atoms with Gasteiger partial charge in [0, 0.05) is 0 Å². The van der Waals surface area contributed by atoms with E-state index >= 15 is 0 Å². The van der Waals surface area contributed by atoms with Crippen LogP contribution in [0, 0.1) is 0 Å². The fourth-order valence-electron chi connectivity index (χ4n) is 5.11. The summed E-state index contributed by atoms with van der Waals surface area (Å²) in [7, 11) is -0.394. The highest BCUT2D eigenvalue weighted by Crippen LogP contribution is 2.37. The number of hydrogen-bond donors (Lipinski definition) is 0. The maximum Gasteiger partial charge on any atom is 0.494 e. The molecule has 0 aromatic heterocycles. The van der Waals surface area contributed by atoms with Gasteiger partial charge in [0.05, 0.1) is 11.2 Å². The van der Waals surface area contributed by atoms with E-state index in [9.17, 15) is 0 Å². The molecule has 5 aromatic carbocycles. The molecule has 0 radical (unpaired) electrons. The Balaban J connectivity index is 1.44. The Hall–Kier alpha value is -3.92. The molecule has 39 heavy (non-hydrogen) atoms. The Morgan fingerprint density at radius 3 is 1.28 bits per heavy atom. The summed E-state index contributed by atoms with van der Waals surface area (Å²) >= 11 is 0. The van der Waals surface area contributed by atoms with Crippen molar-refractivity contribution in [2.45, 2.75) is 38.9 Å². The van der Waals surface area contributed by atoms with Gasteiger partial charge >= 0.3 is 7.12 Å². The van der Waals surface area contributed by atoms with E-state index < -0.39 is 7.12 Å². The Morgan fingerprint density at radius 1 is 0.385 bits per heavy atom. The topological polar surface area (TPSA) is 18.5 Å². The summed E-state index contributed by atoms with van der Waals surface area (Å²) in [5.74, 6) is 0. The van der Waals surface area contributed by atoms with Gasteiger partial charge in [-0.3, -0.25) is 0 Å². The van der Waals surface area contributed by atoms with Crippen LogP contribution in [0.1, 0.15) is 27.7 Å². The molecule has 0 bridgehead atoms. The van der Waals surface area contributed by atoms with Crippen molar-refractivity contribution in [3.05, 3.63) is 127 Å². The molecule has 1 aliphatic rings. The van der Waals surface area contributed by atoms with E-state index in [0.29, 0.717) is 0 Å². The molecule has 0 spiro atoms. The van der Waals surface area contributed by atoms with Crippen molar-refractivity contribution in [3.8, 4) is 44.5 Å². The minimum absolute atomic E-state index is 0.377. The highest BCUT2D eigenvalue weighted by atomic mass is 16.7. The predicted octanol–water partition coefficient (Wildman–Crippen LogP) is 8.65. The summed E-state index contributed by atoms with van der Waals surface area (Å²) in [4.78, 5) is 0. The highest BCUT2D eigenvalue weighted by molar-refractivity contribution is 6.62. The van der Waals surface area contributed by atoms with Gasteiger partial charge in [-0.1, -0.05) is 103 Å². The second-order valence-corrected chi connectivity index (χ2v) is 11.3.